The van der Waals surface area contributed by atoms with Gasteiger partial charge >= 0.3 is 0 Å². The van der Waals surface area contributed by atoms with E-state index < -0.39 is 0 Å². The van der Waals surface area contributed by atoms with Gasteiger partial charge in [-0.05, 0) is 34.9 Å². The Hall–Kier alpha value is -3.60. The molecule has 0 saturated carbocycles. The fourth-order valence-electron chi connectivity index (χ4n) is 3.35. The van der Waals surface area contributed by atoms with Crippen molar-refractivity contribution in [1.29, 1.82) is 0 Å². The number of nitrogens with two attached hydrogens (primary N) is 1. The Bertz CT molecular complexity index is 1100. The molecule has 5 heteroatoms. The van der Waals surface area contributed by atoms with Crippen LogP contribution in [0.4, 0.5) is 5.95 Å². The molecule has 0 bridgehead atoms. The zero-order valence-corrected chi connectivity index (χ0v) is 14.1. The largest absolute Gasteiger partial charge is 0.368 e. The standard InChI is InChI=1S/C21H17N5/c22-21-23-11-17-10-15(6-8-18(17)25-21)16-7-9-20-24-19(13-26(20)12-16)14-4-2-1-3-5-14/h1-11,13,24H,12H2,(H2,22,23,25). The molecule has 0 atom stereocenters. The molecule has 0 amide bonds. The zero-order chi connectivity index (χ0) is 17.5. The lowest BCUT2D eigenvalue weighted by Crippen LogP contribution is -2.23. The van der Waals surface area contributed by atoms with Crippen molar-refractivity contribution in [2.24, 2.45) is 0 Å². The van der Waals surface area contributed by atoms with E-state index in [-0.39, 0.29) is 0 Å². The summed E-state index contributed by atoms with van der Waals surface area (Å²) in [5.41, 5.74) is 11.2. The number of hydrogen-bond donors (Lipinski definition) is 2. The molecule has 5 nitrogen and oxygen atoms in total. The van der Waals surface area contributed by atoms with Crippen LogP contribution < -0.4 is 11.1 Å². The van der Waals surface area contributed by atoms with Crippen LogP contribution in [-0.2, 0) is 0 Å². The molecule has 2 aliphatic rings. The first-order chi connectivity index (χ1) is 12.8. The maximum Gasteiger partial charge on any atom is 0.220 e. The van der Waals surface area contributed by atoms with Crippen molar-refractivity contribution >= 4 is 28.1 Å². The van der Waals surface area contributed by atoms with E-state index in [2.05, 4.69) is 74.9 Å². The summed E-state index contributed by atoms with van der Waals surface area (Å²) >= 11 is 0. The minimum Gasteiger partial charge on any atom is -0.368 e. The summed E-state index contributed by atoms with van der Waals surface area (Å²) in [5, 5.41) is 4.48. The second-order valence-corrected chi connectivity index (χ2v) is 6.41. The summed E-state index contributed by atoms with van der Waals surface area (Å²) in [4.78, 5) is 10.6. The van der Waals surface area contributed by atoms with Gasteiger partial charge in [0, 0.05) is 24.3 Å². The molecule has 3 heterocycles. The van der Waals surface area contributed by atoms with Crippen LogP contribution in [0.1, 0.15) is 11.1 Å². The molecule has 26 heavy (non-hydrogen) atoms. The average molecular weight is 339 g/mol. The van der Waals surface area contributed by atoms with E-state index in [1.165, 1.54) is 16.7 Å². The van der Waals surface area contributed by atoms with Crippen molar-refractivity contribution < 1.29 is 0 Å². The molecule has 0 aliphatic carbocycles. The number of allylic oxidation sites excluding steroid dienone is 2. The Morgan fingerprint density at radius 2 is 1.88 bits per heavy atom. The summed E-state index contributed by atoms with van der Waals surface area (Å²) in [6.45, 7) is 0.816. The fourth-order valence-corrected chi connectivity index (χ4v) is 3.35. The average Bonchev–Trinajstić information content (AvgIpc) is 3.11. The maximum atomic E-state index is 5.66. The molecule has 5 rings (SSSR count). The number of nitrogens with zero attached hydrogens (tertiary/aromatic N) is 3. The highest BCUT2D eigenvalue weighted by atomic mass is 15.3. The number of nitrogens with one attached hydrogen (secondary N) is 1. The van der Waals surface area contributed by atoms with Crippen molar-refractivity contribution in [3.05, 3.63) is 90.0 Å². The third-order valence-electron chi connectivity index (χ3n) is 4.69. The molecular weight excluding hydrogens is 322 g/mol. The molecule has 0 radical (unpaired) electrons. The molecule has 3 N–H and O–H groups in total. The lowest BCUT2D eigenvalue weighted by Gasteiger charge is -2.23. The van der Waals surface area contributed by atoms with Gasteiger partial charge in [0.25, 0.3) is 0 Å². The molecule has 126 valence electrons. The lowest BCUT2D eigenvalue weighted by molar-refractivity contribution is 0.520. The number of rotatable bonds is 2. The quantitative estimate of drug-likeness (QED) is 0.749. The molecule has 0 saturated heterocycles. The van der Waals surface area contributed by atoms with Crippen LogP contribution in [0.2, 0.25) is 0 Å². The van der Waals surface area contributed by atoms with E-state index in [0.717, 1.165) is 29.0 Å². The van der Waals surface area contributed by atoms with Gasteiger partial charge in [-0.3, -0.25) is 0 Å². The maximum absolute atomic E-state index is 5.66. The van der Waals surface area contributed by atoms with Crippen LogP contribution >= 0.6 is 0 Å². The van der Waals surface area contributed by atoms with Gasteiger partial charge in [0.05, 0.1) is 11.2 Å². The molecule has 0 unspecified atom stereocenters. The molecule has 2 aliphatic heterocycles. The Balaban J connectivity index is 1.45. The summed E-state index contributed by atoms with van der Waals surface area (Å²) in [7, 11) is 0. The Kier molecular flexibility index (Phi) is 3.25. The number of hydrogen-bond acceptors (Lipinski definition) is 5. The van der Waals surface area contributed by atoms with Gasteiger partial charge < -0.3 is 16.0 Å². The van der Waals surface area contributed by atoms with Crippen LogP contribution in [0.25, 0.3) is 22.2 Å². The van der Waals surface area contributed by atoms with Gasteiger partial charge in [0.2, 0.25) is 5.95 Å². The molecule has 1 aromatic heterocycles. The van der Waals surface area contributed by atoms with Crippen LogP contribution in [-0.4, -0.2) is 21.4 Å². The third-order valence-corrected chi connectivity index (χ3v) is 4.69. The third kappa shape index (κ3) is 2.50. The number of fused-ring (bicyclic) bond motifs is 2. The minimum atomic E-state index is 0.302. The predicted molar refractivity (Wildman–Crippen MR) is 104 cm³/mol. The Morgan fingerprint density at radius 1 is 1.00 bits per heavy atom. The fraction of sp³-hybridized carbons (Fsp3) is 0.0476. The second-order valence-electron chi connectivity index (χ2n) is 6.41. The van der Waals surface area contributed by atoms with Gasteiger partial charge in [-0.1, -0.05) is 42.5 Å². The summed E-state index contributed by atoms with van der Waals surface area (Å²) < 4.78 is 0. The van der Waals surface area contributed by atoms with Gasteiger partial charge in [-0.15, -0.1) is 0 Å². The highest BCUT2D eigenvalue weighted by Gasteiger charge is 2.22. The Labute approximate surface area is 151 Å². The number of anilines is 1. The highest BCUT2D eigenvalue weighted by Crippen LogP contribution is 2.30. The number of nitrogen functional groups attached to an aromatic ring is 1. The first-order valence-corrected chi connectivity index (χ1v) is 8.51. The van der Waals surface area contributed by atoms with E-state index in [9.17, 15) is 0 Å². The molecule has 3 aromatic rings. The molecular formula is C21H17N5. The number of benzene rings is 2. The summed E-state index contributed by atoms with van der Waals surface area (Å²) in [5.74, 6) is 1.40. The van der Waals surface area contributed by atoms with Crippen molar-refractivity contribution in [3.8, 4) is 0 Å². The van der Waals surface area contributed by atoms with Crippen LogP contribution in [0.5, 0.6) is 0 Å². The van der Waals surface area contributed by atoms with Gasteiger partial charge in [-0.2, -0.15) is 0 Å². The summed E-state index contributed by atoms with van der Waals surface area (Å²) in [6, 6.07) is 16.6. The number of aromatic nitrogens is 2. The van der Waals surface area contributed by atoms with Gasteiger partial charge in [-0.25, -0.2) is 9.97 Å². The topological polar surface area (TPSA) is 67.1 Å². The van der Waals surface area contributed by atoms with Gasteiger partial charge in [0.15, 0.2) is 0 Å². The zero-order valence-electron chi connectivity index (χ0n) is 14.1. The monoisotopic (exact) mass is 339 g/mol. The van der Waals surface area contributed by atoms with E-state index in [1.807, 2.05) is 12.1 Å². The van der Waals surface area contributed by atoms with Crippen LogP contribution in [0.3, 0.4) is 0 Å². The van der Waals surface area contributed by atoms with E-state index in [4.69, 9.17) is 5.73 Å². The van der Waals surface area contributed by atoms with Crippen molar-refractivity contribution in [1.82, 2.24) is 20.2 Å². The summed E-state index contributed by atoms with van der Waals surface area (Å²) in [6.07, 6.45) is 8.23. The molecule has 2 aromatic carbocycles. The normalized spacial score (nSPS) is 15.8. The van der Waals surface area contributed by atoms with E-state index >= 15 is 0 Å². The smallest absolute Gasteiger partial charge is 0.220 e. The van der Waals surface area contributed by atoms with E-state index in [1.54, 1.807) is 6.20 Å². The molecule has 0 spiro atoms. The van der Waals surface area contributed by atoms with Crippen LogP contribution in [0.15, 0.2) is 78.9 Å². The van der Waals surface area contributed by atoms with E-state index in [0.29, 0.717) is 5.95 Å². The van der Waals surface area contributed by atoms with Crippen LogP contribution in [0, 0.1) is 0 Å². The van der Waals surface area contributed by atoms with Crippen molar-refractivity contribution in [2.45, 2.75) is 0 Å². The minimum absolute atomic E-state index is 0.302. The van der Waals surface area contributed by atoms with Crippen molar-refractivity contribution in [2.75, 3.05) is 12.3 Å². The SMILES string of the molecule is Nc1ncc2cc(C3=CC=C4NC(c5ccccc5)=CN4C3)ccc2n1. The molecule has 0 fully saturated rings. The first kappa shape index (κ1) is 14.7. The Morgan fingerprint density at radius 3 is 2.77 bits per heavy atom. The lowest BCUT2D eigenvalue weighted by atomic mass is 10.0. The van der Waals surface area contributed by atoms with Crippen molar-refractivity contribution in [3.63, 3.8) is 0 Å². The van der Waals surface area contributed by atoms with Gasteiger partial charge in [0.1, 0.15) is 5.82 Å². The predicted octanol–water partition coefficient (Wildman–Crippen LogP) is 3.35. The second kappa shape index (κ2) is 5.74. The first-order valence-electron chi connectivity index (χ1n) is 8.51. The highest BCUT2D eigenvalue weighted by molar-refractivity contribution is 5.84.